The number of hydrogen-bond acceptors (Lipinski definition) is 5. The van der Waals surface area contributed by atoms with E-state index in [2.05, 4.69) is 10.4 Å². The van der Waals surface area contributed by atoms with Crippen LogP contribution in [0.3, 0.4) is 0 Å². The minimum atomic E-state index is -3.79. The summed E-state index contributed by atoms with van der Waals surface area (Å²) in [5, 5.41) is 7.47. The summed E-state index contributed by atoms with van der Waals surface area (Å²) in [6, 6.07) is 10.8. The van der Waals surface area contributed by atoms with Crippen LogP contribution in [0.1, 0.15) is 10.5 Å². The average molecular weight is 421 g/mol. The van der Waals surface area contributed by atoms with Crippen LogP contribution in [-0.4, -0.2) is 42.5 Å². The number of nitrogens with zero attached hydrogens (tertiary/aromatic N) is 3. The number of aromatic nitrogens is 2. The van der Waals surface area contributed by atoms with Gasteiger partial charge in [-0.25, -0.2) is 17.4 Å². The van der Waals surface area contributed by atoms with E-state index in [9.17, 15) is 18.0 Å². The zero-order valence-electron chi connectivity index (χ0n) is 15.3. The van der Waals surface area contributed by atoms with Crippen molar-refractivity contribution in [2.45, 2.75) is 4.90 Å². The fourth-order valence-corrected chi connectivity index (χ4v) is 4.03. The molecule has 1 heterocycles. The van der Waals surface area contributed by atoms with E-state index in [0.717, 1.165) is 8.99 Å². The van der Waals surface area contributed by atoms with Crippen molar-refractivity contribution in [3.63, 3.8) is 0 Å². The summed E-state index contributed by atoms with van der Waals surface area (Å²) in [6.45, 7) is 0. The van der Waals surface area contributed by atoms with Gasteiger partial charge in [-0.05, 0) is 24.3 Å². The zero-order chi connectivity index (χ0) is 20.6. The number of carbonyl (C=O) groups is 1. The quantitative estimate of drug-likeness (QED) is 0.696. The van der Waals surface area contributed by atoms with Gasteiger partial charge in [0.1, 0.15) is 4.90 Å². The van der Waals surface area contributed by atoms with Crippen molar-refractivity contribution in [1.82, 2.24) is 14.1 Å². The summed E-state index contributed by atoms with van der Waals surface area (Å²) in [4.78, 5) is 24.9. The number of fused-ring (bicyclic) bond motifs is 1. The van der Waals surface area contributed by atoms with Gasteiger partial charge in [-0.1, -0.05) is 29.8 Å². The summed E-state index contributed by atoms with van der Waals surface area (Å²) in [5.41, 5.74) is -0.0442. The molecule has 0 unspecified atom stereocenters. The van der Waals surface area contributed by atoms with Crippen LogP contribution in [0.15, 0.2) is 52.2 Å². The maximum absolute atomic E-state index is 12.8. The first-order valence-electron chi connectivity index (χ1n) is 8.12. The molecule has 3 rings (SSSR count). The van der Waals surface area contributed by atoms with Gasteiger partial charge in [0.25, 0.3) is 11.5 Å². The molecule has 0 aliphatic heterocycles. The lowest BCUT2D eigenvalue weighted by Gasteiger charge is -2.14. The molecule has 10 heteroatoms. The van der Waals surface area contributed by atoms with Gasteiger partial charge in [-0.2, -0.15) is 5.10 Å². The fourth-order valence-electron chi connectivity index (χ4n) is 2.63. The van der Waals surface area contributed by atoms with Crippen LogP contribution in [0.4, 0.5) is 5.69 Å². The Hall–Kier alpha value is -2.75. The molecule has 28 heavy (non-hydrogen) atoms. The highest BCUT2D eigenvalue weighted by Crippen LogP contribution is 2.27. The van der Waals surface area contributed by atoms with Crippen LogP contribution in [0.25, 0.3) is 10.8 Å². The molecule has 8 nitrogen and oxygen atoms in total. The van der Waals surface area contributed by atoms with E-state index in [4.69, 9.17) is 11.6 Å². The Morgan fingerprint density at radius 3 is 2.43 bits per heavy atom. The molecular formula is C18H17ClN4O4S. The summed E-state index contributed by atoms with van der Waals surface area (Å²) in [5.74, 6) is -0.581. The van der Waals surface area contributed by atoms with Gasteiger partial charge in [-0.15, -0.1) is 0 Å². The number of halogens is 1. The number of anilines is 1. The lowest BCUT2D eigenvalue weighted by Crippen LogP contribution is -2.25. The zero-order valence-corrected chi connectivity index (χ0v) is 16.9. The van der Waals surface area contributed by atoms with Crippen molar-refractivity contribution >= 4 is 44.0 Å². The third-order valence-corrected chi connectivity index (χ3v) is 6.42. The Morgan fingerprint density at radius 1 is 1.14 bits per heavy atom. The summed E-state index contributed by atoms with van der Waals surface area (Å²) >= 11 is 6.03. The minimum Gasteiger partial charge on any atom is -0.321 e. The minimum absolute atomic E-state index is 0.0392. The van der Waals surface area contributed by atoms with E-state index in [1.807, 2.05) is 0 Å². The Balaban J connectivity index is 2.05. The molecule has 0 saturated heterocycles. The topological polar surface area (TPSA) is 101 Å². The highest BCUT2D eigenvalue weighted by atomic mass is 35.5. The van der Waals surface area contributed by atoms with Crippen LogP contribution < -0.4 is 10.9 Å². The third kappa shape index (κ3) is 3.51. The lowest BCUT2D eigenvalue weighted by atomic mass is 10.1. The molecule has 146 valence electrons. The number of hydrogen-bond donors (Lipinski definition) is 1. The monoisotopic (exact) mass is 420 g/mol. The Kier molecular flexibility index (Phi) is 5.24. The molecular weight excluding hydrogens is 404 g/mol. The van der Waals surface area contributed by atoms with Gasteiger partial charge >= 0.3 is 0 Å². The summed E-state index contributed by atoms with van der Waals surface area (Å²) in [7, 11) is 0.438. The van der Waals surface area contributed by atoms with Gasteiger partial charge < -0.3 is 5.32 Å². The van der Waals surface area contributed by atoms with Crippen molar-refractivity contribution in [2.75, 3.05) is 19.4 Å². The Bertz CT molecular complexity index is 1250. The molecule has 0 saturated carbocycles. The molecule has 1 amide bonds. The van der Waals surface area contributed by atoms with E-state index in [-0.39, 0.29) is 26.9 Å². The molecule has 0 aliphatic rings. The highest BCUT2D eigenvalue weighted by molar-refractivity contribution is 7.89. The molecule has 2 aromatic carbocycles. The second-order valence-electron chi connectivity index (χ2n) is 6.21. The molecule has 1 aromatic heterocycles. The van der Waals surface area contributed by atoms with Crippen molar-refractivity contribution in [2.24, 2.45) is 7.05 Å². The van der Waals surface area contributed by atoms with Crippen molar-refractivity contribution < 1.29 is 13.2 Å². The van der Waals surface area contributed by atoms with E-state index < -0.39 is 15.9 Å². The lowest BCUT2D eigenvalue weighted by molar-refractivity contribution is 0.102. The summed E-state index contributed by atoms with van der Waals surface area (Å²) < 4.78 is 26.9. The molecule has 0 radical (unpaired) electrons. The van der Waals surface area contributed by atoms with Crippen molar-refractivity contribution in [1.29, 1.82) is 0 Å². The molecule has 0 fully saturated rings. The van der Waals surface area contributed by atoms with Crippen molar-refractivity contribution in [3.8, 4) is 0 Å². The first-order valence-corrected chi connectivity index (χ1v) is 9.94. The largest absolute Gasteiger partial charge is 0.321 e. The predicted octanol–water partition coefficient (Wildman–Crippen LogP) is 2.09. The molecule has 1 N–H and O–H groups in total. The number of nitrogens with one attached hydrogen (secondary N) is 1. The fraction of sp³-hybridized carbons (Fsp3) is 0.167. The van der Waals surface area contributed by atoms with Gasteiger partial charge in [0, 0.05) is 32.2 Å². The maximum atomic E-state index is 12.8. The smallest absolute Gasteiger partial charge is 0.276 e. The van der Waals surface area contributed by atoms with Gasteiger partial charge in [0.05, 0.1) is 10.4 Å². The summed E-state index contributed by atoms with van der Waals surface area (Å²) in [6.07, 6.45) is 0. The number of carbonyl (C=O) groups excluding carboxylic acids is 1. The number of amides is 1. The van der Waals surface area contributed by atoms with E-state index >= 15 is 0 Å². The van der Waals surface area contributed by atoms with Crippen molar-refractivity contribution in [3.05, 3.63) is 63.5 Å². The van der Waals surface area contributed by atoms with Crippen LogP contribution in [0, 0.1) is 0 Å². The predicted molar refractivity (Wildman–Crippen MR) is 107 cm³/mol. The first kappa shape index (κ1) is 20.0. The van der Waals surface area contributed by atoms with Gasteiger partial charge in [-0.3, -0.25) is 9.59 Å². The standard InChI is InChI=1S/C18H17ClN4O4S/c1-22(2)28(26,27)15-10-11(8-9-14(15)19)20-17(24)16-12-6-4-5-7-13(12)18(25)23(3)21-16/h4-10H,1-3H3,(H,20,24). The van der Waals surface area contributed by atoms with Crippen LogP contribution in [0.2, 0.25) is 5.02 Å². The number of rotatable bonds is 4. The highest BCUT2D eigenvalue weighted by Gasteiger charge is 2.22. The van der Waals surface area contributed by atoms with Gasteiger partial charge in [0.2, 0.25) is 10.0 Å². The third-order valence-electron chi connectivity index (χ3n) is 4.12. The molecule has 0 aliphatic carbocycles. The molecule has 0 spiro atoms. The SMILES string of the molecule is CN(C)S(=O)(=O)c1cc(NC(=O)c2nn(C)c(=O)c3ccccc23)ccc1Cl. The van der Waals surface area contributed by atoms with E-state index in [1.54, 1.807) is 24.3 Å². The Morgan fingerprint density at radius 2 is 1.79 bits per heavy atom. The molecule has 0 bridgehead atoms. The second-order valence-corrected chi connectivity index (χ2v) is 8.74. The maximum Gasteiger partial charge on any atom is 0.276 e. The van der Waals surface area contributed by atoms with E-state index in [1.165, 1.54) is 39.3 Å². The first-order chi connectivity index (χ1) is 13.1. The number of sulfonamides is 1. The van der Waals surface area contributed by atoms with Crippen LogP contribution >= 0.6 is 11.6 Å². The second kappa shape index (κ2) is 7.34. The van der Waals surface area contributed by atoms with Gasteiger partial charge in [0.15, 0.2) is 5.69 Å². The van der Waals surface area contributed by atoms with Crippen LogP contribution in [-0.2, 0) is 17.1 Å². The molecule has 3 aromatic rings. The van der Waals surface area contributed by atoms with Crippen LogP contribution in [0.5, 0.6) is 0 Å². The average Bonchev–Trinajstić information content (AvgIpc) is 2.65. The molecule has 0 atom stereocenters. The normalized spacial score (nSPS) is 11.8. The number of benzene rings is 2. The van der Waals surface area contributed by atoms with E-state index in [0.29, 0.717) is 10.8 Å². The number of aryl methyl sites for hydroxylation is 1. The Labute approximate surface area is 166 Å².